The van der Waals surface area contributed by atoms with Crippen molar-refractivity contribution >= 4 is 27.8 Å². The fourth-order valence-electron chi connectivity index (χ4n) is 1.59. The summed E-state index contributed by atoms with van der Waals surface area (Å²) in [5.41, 5.74) is 1.46. The molecule has 0 aliphatic carbocycles. The van der Waals surface area contributed by atoms with E-state index in [0.29, 0.717) is 12.1 Å². The van der Waals surface area contributed by atoms with Crippen molar-refractivity contribution in [3.05, 3.63) is 23.8 Å². The predicted molar refractivity (Wildman–Crippen MR) is 68.0 cm³/mol. The maximum Gasteiger partial charge on any atom is 0.335 e. The molecule has 2 rings (SSSR count). The summed E-state index contributed by atoms with van der Waals surface area (Å²) in [5, 5.41) is 16.7. The molecule has 0 spiro atoms. The second kappa shape index (κ2) is 4.85. The van der Waals surface area contributed by atoms with Gasteiger partial charge in [0.05, 0.1) is 22.9 Å². The molecule has 0 saturated carbocycles. The molecule has 1 aromatic heterocycles. The Hall–Kier alpha value is -1.76. The minimum absolute atomic E-state index is 0.0333. The quantitative estimate of drug-likeness (QED) is 0.889. The van der Waals surface area contributed by atoms with Crippen molar-refractivity contribution in [1.82, 2.24) is 15.0 Å². The van der Waals surface area contributed by atoms with E-state index in [1.54, 1.807) is 17.0 Å². The van der Waals surface area contributed by atoms with Crippen LogP contribution in [0.25, 0.3) is 11.0 Å². The summed E-state index contributed by atoms with van der Waals surface area (Å²) >= 11 is 0. The molecule has 18 heavy (non-hydrogen) atoms. The Bertz CT molecular complexity index is 623. The average molecular weight is 267 g/mol. The molecule has 6 nitrogen and oxygen atoms in total. The van der Waals surface area contributed by atoms with Crippen LogP contribution >= 0.6 is 0 Å². The third-order valence-electron chi connectivity index (χ3n) is 2.76. The lowest BCUT2D eigenvalue weighted by Crippen LogP contribution is -2.18. The number of hydrogen-bond acceptors (Lipinski definition) is 4. The highest BCUT2D eigenvalue weighted by molar-refractivity contribution is 7.84. The maximum absolute atomic E-state index is 11.3. The molecule has 7 heteroatoms. The minimum atomic E-state index is -0.991. The number of aromatic nitrogens is 3. The number of aromatic carboxylic acids is 1. The van der Waals surface area contributed by atoms with Crippen LogP contribution in [0.5, 0.6) is 0 Å². The van der Waals surface area contributed by atoms with Crippen LogP contribution in [0, 0.1) is 0 Å². The predicted octanol–water partition coefficient (Wildman–Crippen LogP) is 0.897. The van der Waals surface area contributed by atoms with E-state index < -0.39 is 16.8 Å². The molecule has 0 fully saturated rings. The summed E-state index contributed by atoms with van der Waals surface area (Å²) in [7, 11) is -0.932. The molecule has 2 aromatic rings. The molecule has 2 unspecified atom stereocenters. The fourth-order valence-corrected chi connectivity index (χ4v) is 1.94. The number of fused-ring (bicyclic) bond motifs is 1. The average Bonchev–Trinajstić information content (AvgIpc) is 2.71. The normalized spacial score (nSPS) is 14.6. The van der Waals surface area contributed by atoms with E-state index in [2.05, 4.69) is 10.3 Å². The summed E-state index contributed by atoms with van der Waals surface area (Å²) < 4.78 is 13.0. The molecule has 0 saturated heterocycles. The van der Waals surface area contributed by atoms with Gasteiger partial charge < -0.3 is 5.11 Å². The van der Waals surface area contributed by atoms with E-state index in [1.165, 1.54) is 12.1 Å². The van der Waals surface area contributed by atoms with Crippen LogP contribution in [-0.2, 0) is 17.3 Å². The summed E-state index contributed by atoms with van der Waals surface area (Å²) in [6, 6.07) is 4.66. The van der Waals surface area contributed by atoms with Gasteiger partial charge >= 0.3 is 5.97 Å². The van der Waals surface area contributed by atoms with E-state index in [4.69, 9.17) is 5.11 Å². The van der Waals surface area contributed by atoms with Crippen molar-refractivity contribution in [3.8, 4) is 0 Å². The van der Waals surface area contributed by atoms with Crippen LogP contribution in [0.2, 0.25) is 0 Å². The maximum atomic E-state index is 11.3. The fraction of sp³-hybridized carbons (Fsp3) is 0.364. The van der Waals surface area contributed by atoms with Gasteiger partial charge in [0.25, 0.3) is 0 Å². The zero-order valence-electron chi connectivity index (χ0n) is 10.0. The van der Waals surface area contributed by atoms with Gasteiger partial charge in [-0.2, -0.15) is 0 Å². The van der Waals surface area contributed by atoms with Crippen molar-refractivity contribution < 1.29 is 14.1 Å². The lowest BCUT2D eigenvalue weighted by atomic mass is 10.2. The van der Waals surface area contributed by atoms with Crippen LogP contribution in [0.3, 0.4) is 0 Å². The number of nitrogens with zero attached hydrogens (tertiary/aromatic N) is 3. The zero-order chi connectivity index (χ0) is 13.3. The number of carboxylic acid groups (broad SMARTS) is 1. The molecule has 0 amide bonds. The van der Waals surface area contributed by atoms with E-state index in [-0.39, 0.29) is 10.8 Å². The van der Waals surface area contributed by atoms with Gasteiger partial charge in [0.1, 0.15) is 5.52 Å². The molecular formula is C11H13N3O3S. The Balaban J connectivity index is 2.37. The lowest BCUT2D eigenvalue weighted by Gasteiger charge is -2.08. The largest absolute Gasteiger partial charge is 0.478 e. The zero-order valence-corrected chi connectivity index (χ0v) is 10.8. The van der Waals surface area contributed by atoms with Gasteiger partial charge in [-0.3, -0.25) is 4.21 Å². The number of rotatable bonds is 4. The van der Waals surface area contributed by atoms with E-state index in [0.717, 1.165) is 5.52 Å². The molecular weight excluding hydrogens is 254 g/mol. The van der Waals surface area contributed by atoms with Crippen LogP contribution in [0.4, 0.5) is 0 Å². The van der Waals surface area contributed by atoms with Gasteiger partial charge in [0.2, 0.25) is 0 Å². The highest BCUT2D eigenvalue weighted by atomic mass is 32.2. The summed E-state index contributed by atoms with van der Waals surface area (Å²) in [6.45, 7) is 2.36. The second-order valence-corrected chi connectivity index (χ2v) is 5.89. The summed E-state index contributed by atoms with van der Waals surface area (Å²) in [4.78, 5) is 10.8. The molecule has 96 valence electrons. The summed E-state index contributed by atoms with van der Waals surface area (Å²) in [5.74, 6) is -0.991. The van der Waals surface area contributed by atoms with E-state index >= 15 is 0 Å². The Kier molecular flexibility index (Phi) is 3.42. The van der Waals surface area contributed by atoms with Crippen molar-refractivity contribution in [1.29, 1.82) is 0 Å². The molecule has 1 N–H and O–H groups in total. The van der Waals surface area contributed by atoms with Crippen molar-refractivity contribution in [2.75, 3.05) is 6.26 Å². The van der Waals surface area contributed by atoms with Gasteiger partial charge in [-0.25, -0.2) is 9.48 Å². The SMILES string of the molecule is CC(Cn1nnc2cc(C(=O)O)ccc21)S(C)=O. The first-order valence-corrected chi connectivity index (χ1v) is 7.00. The van der Waals surface area contributed by atoms with E-state index in [9.17, 15) is 9.00 Å². The molecule has 2 atom stereocenters. The third-order valence-corrected chi connectivity index (χ3v) is 4.04. The van der Waals surface area contributed by atoms with Crippen molar-refractivity contribution in [2.24, 2.45) is 0 Å². The van der Waals surface area contributed by atoms with Crippen LogP contribution in [0.1, 0.15) is 17.3 Å². The second-order valence-electron chi connectivity index (χ2n) is 4.09. The van der Waals surface area contributed by atoms with Crippen LogP contribution in [-0.4, -0.2) is 41.8 Å². The topological polar surface area (TPSA) is 85.1 Å². The first-order valence-electron chi connectivity index (χ1n) is 5.38. The van der Waals surface area contributed by atoms with Crippen molar-refractivity contribution in [2.45, 2.75) is 18.7 Å². The standard InChI is InChI=1S/C11H13N3O3S/c1-7(18(2)17)6-14-10-4-3-8(11(15)16)5-9(10)12-13-14/h3-5,7H,6H2,1-2H3,(H,15,16). The Morgan fingerprint density at radius 2 is 2.28 bits per heavy atom. The number of benzene rings is 1. The first-order chi connectivity index (χ1) is 8.49. The Labute approximate surface area is 106 Å². The van der Waals surface area contributed by atoms with Gasteiger partial charge in [0, 0.05) is 17.1 Å². The molecule has 1 heterocycles. The van der Waals surface area contributed by atoms with Gasteiger partial charge in [-0.05, 0) is 25.1 Å². The monoisotopic (exact) mass is 267 g/mol. The van der Waals surface area contributed by atoms with Crippen LogP contribution < -0.4 is 0 Å². The van der Waals surface area contributed by atoms with Gasteiger partial charge in [-0.1, -0.05) is 5.21 Å². The number of hydrogen-bond donors (Lipinski definition) is 1. The van der Waals surface area contributed by atoms with E-state index in [1.807, 2.05) is 6.92 Å². The molecule has 0 radical (unpaired) electrons. The minimum Gasteiger partial charge on any atom is -0.478 e. The smallest absolute Gasteiger partial charge is 0.335 e. The lowest BCUT2D eigenvalue weighted by molar-refractivity contribution is 0.0697. The van der Waals surface area contributed by atoms with Crippen molar-refractivity contribution in [3.63, 3.8) is 0 Å². The number of carboxylic acids is 1. The highest BCUT2D eigenvalue weighted by Gasteiger charge is 2.12. The Morgan fingerprint density at radius 1 is 1.56 bits per heavy atom. The molecule has 1 aromatic carbocycles. The highest BCUT2D eigenvalue weighted by Crippen LogP contribution is 2.14. The molecule has 0 aliphatic rings. The first kappa shape index (κ1) is 12.7. The van der Waals surface area contributed by atoms with Gasteiger partial charge in [0.15, 0.2) is 0 Å². The molecule has 0 bridgehead atoms. The number of carbonyl (C=O) groups is 1. The Morgan fingerprint density at radius 3 is 2.89 bits per heavy atom. The molecule has 0 aliphatic heterocycles. The summed E-state index contributed by atoms with van der Waals surface area (Å²) in [6.07, 6.45) is 1.65. The van der Waals surface area contributed by atoms with Crippen LogP contribution in [0.15, 0.2) is 18.2 Å². The van der Waals surface area contributed by atoms with Gasteiger partial charge in [-0.15, -0.1) is 5.10 Å². The third kappa shape index (κ3) is 2.40.